The quantitative estimate of drug-likeness (QED) is 0.733. The SMILES string of the molecule is CCCCC(CC)C[O][Ta]. The van der Waals surface area contributed by atoms with E-state index in [9.17, 15) is 0 Å². The topological polar surface area (TPSA) is 9.23 Å². The molecule has 0 aromatic rings. The Balaban J connectivity index is 3.21. The molecule has 0 aromatic heterocycles. The summed E-state index contributed by atoms with van der Waals surface area (Å²) in [5, 5.41) is 0. The summed E-state index contributed by atoms with van der Waals surface area (Å²) in [5.74, 6) is 0.824. The third-order valence-corrected chi connectivity index (χ3v) is 2.39. The third-order valence-electron chi connectivity index (χ3n) is 1.85. The van der Waals surface area contributed by atoms with Gasteiger partial charge in [0.25, 0.3) is 0 Å². The van der Waals surface area contributed by atoms with Gasteiger partial charge >= 0.3 is 76.8 Å². The summed E-state index contributed by atoms with van der Waals surface area (Å²) >= 11 is 1.08. The Kier molecular flexibility index (Phi) is 8.35. The summed E-state index contributed by atoms with van der Waals surface area (Å²) in [6.45, 7) is 5.48. The second kappa shape index (κ2) is 7.80. The van der Waals surface area contributed by atoms with Crippen molar-refractivity contribution < 1.29 is 24.7 Å². The summed E-state index contributed by atoms with van der Waals surface area (Å²) < 4.78 is 5.20. The molecule has 0 spiro atoms. The maximum absolute atomic E-state index is 5.20. The standard InChI is InChI=1S/C8H17O.Ta/c1-3-5-6-8(4-2)7-9;/h8H,3-7H2,1-2H3;/q-1;+1. The van der Waals surface area contributed by atoms with E-state index in [4.69, 9.17) is 3.24 Å². The van der Waals surface area contributed by atoms with Gasteiger partial charge < -0.3 is 0 Å². The zero-order chi connectivity index (χ0) is 7.82. The fourth-order valence-electron chi connectivity index (χ4n) is 1.00. The number of hydrogen-bond donors (Lipinski definition) is 0. The molecule has 0 bridgehead atoms. The monoisotopic (exact) mass is 310 g/mol. The van der Waals surface area contributed by atoms with Crippen molar-refractivity contribution in [2.45, 2.75) is 39.5 Å². The average Bonchev–Trinajstić information content (AvgIpc) is 1.98. The van der Waals surface area contributed by atoms with Gasteiger partial charge in [-0.15, -0.1) is 0 Å². The molecule has 0 amide bonds. The molecule has 0 rings (SSSR count). The number of unbranched alkanes of at least 4 members (excludes halogenated alkanes) is 1. The van der Waals surface area contributed by atoms with Crippen LogP contribution in [0.3, 0.4) is 0 Å². The number of rotatable bonds is 6. The van der Waals surface area contributed by atoms with Gasteiger partial charge in [-0.2, -0.15) is 0 Å². The third kappa shape index (κ3) is 5.48. The zero-order valence-corrected chi connectivity index (χ0v) is 10.2. The molecule has 2 heteroatoms. The molecule has 60 valence electrons. The first-order chi connectivity index (χ1) is 4.85. The minimum atomic E-state index is 0.824. The Morgan fingerprint density at radius 1 is 1.40 bits per heavy atom. The van der Waals surface area contributed by atoms with E-state index in [1.54, 1.807) is 0 Å². The van der Waals surface area contributed by atoms with Gasteiger partial charge in [0.05, 0.1) is 0 Å². The van der Waals surface area contributed by atoms with Crippen molar-refractivity contribution in [1.29, 1.82) is 0 Å². The van der Waals surface area contributed by atoms with Crippen LogP contribution in [0.5, 0.6) is 0 Å². The van der Waals surface area contributed by atoms with Crippen molar-refractivity contribution in [1.82, 2.24) is 0 Å². The van der Waals surface area contributed by atoms with Gasteiger partial charge in [0, 0.05) is 0 Å². The molecule has 0 saturated heterocycles. The Bertz CT molecular complexity index is 66.3. The van der Waals surface area contributed by atoms with Crippen LogP contribution in [0.4, 0.5) is 0 Å². The van der Waals surface area contributed by atoms with Crippen LogP contribution in [0, 0.1) is 5.92 Å². The molecule has 0 aliphatic heterocycles. The maximum atomic E-state index is 5.20. The van der Waals surface area contributed by atoms with Crippen LogP contribution in [0.15, 0.2) is 0 Å². The molecule has 0 heterocycles. The fraction of sp³-hybridized carbons (Fsp3) is 1.00. The van der Waals surface area contributed by atoms with Gasteiger partial charge in [-0.05, 0) is 0 Å². The van der Waals surface area contributed by atoms with E-state index in [0.29, 0.717) is 0 Å². The first kappa shape index (κ1) is 10.7. The van der Waals surface area contributed by atoms with Crippen LogP contribution in [-0.4, -0.2) is 6.61 Å². The van der Waals surface area contributed by atoms with E-state index in [1.807, 2.05) is 0 Å². The van der Waals surface area contributed by atoms with Crippen LogP contribution in [-0.2, 0) is 24.7 Å². The molecule has 0 saturated carbocycles. The fourth-order valence-corrected chi connectivity index (χ4v) is 1.76. The molecule has 0 aliphatic rings. The Labute approximate surface area is 76.9 Å². The van der Waals surface area contributed by atoms with Crippen molar-refractivity contribution in [2.75, 3.05) is 6.61 Å². The van der Waals surface area contributed by atoms with Crippen LogP contribution in [0.1, 0.15) is 39.5 Å². The summed E-state index contributed by atoms with van der Waals surface area (Å²) in [7, 11) is 0. The predicted molar refractivity (Wildman–Crippen MR) is 39.3 cm³/mol. The molecule has 0 fully saturated rings. The van der Waals surface area contributed by atoms with Crippen LogP contribution >= 0.6 is 0 Å². The molecule has 1 atom stereocenters. The van der Waals surface area contributed by atoms with Gasteiger partial charge in [0.1, 0.15) is 0 Å². The van der Waals surface area contributed by atoms with Crippen LogP contribution < -0.4 is 0 Å². The van der Waals surface area contributed by atoms with E-state index in [-0.39, 0.29) is 0 Å². The van der Waals surface area contributed by atoms with Gasteiger partial charge in [0.15, 0.2) is 0 Å². The summed E-state index contributed by atoms with van der Waals surface area (Å²) in [4.78, 5) is 0. The van der Waals surface area contributed by atoms with E-state index in [2.05, 4.69) is 13.8 Å². The molecule has 0 aromatic carbocycles. The van der Waals surface area contributed by atoms with E-state index >= 15 is 0 Å². The summed E-state index contributed by atoms with van der Waals surface area (Å²) in [5.41, 5.74) is 0. The molecule has 1 unspecified atom stereocenters. The molecular formula is C8H17OTa. The van der Waals surface area contributed by atoms with Crippen LogP contribution in [0.2, 0.25) is 0 Å². The Hall–Kier alpha value is 0.700. The van der Waals surface area contributed by atoms with Crippen molar-refractivity contribution in [2.24, 2.45) is 5.92 Å². The Morgan fingerprint density at radius 2 is 2.10 bits per heavy atom. The molecular weight excluding hydrogens is 293 g/mol. The second-order valence-corrected chi connectivity index (χ2v) is 3.64. The normalized spacial score (nSPS) is 13.4. The van der Waals surface area contributed by atoms with Gasteiger partial charge in [-0.3, -0.25) is 0 Å². The molecule has 0 N–H and O–H groups in total. The first-order valence-electron chi connectivity index (χ1n) is 4.11. The average molecular weight is 310 g/mol. The molecule has 0 radical (unpaired) electrons. The van der Waals surface area contributed by atoms with Crippen molar-refractivity contribution in [3.05, 3.63) is 0 Å². The molecule has 0 aliphatic carbocycles. The minimum absolute atomic E-state index is 0.824. The summed E-state index contributed by atoms with van der Waals surface area (Å²) in [6, 6.07) is 0. The van der Waals surface area contributed by atoms with Crippen molar-refractivity contribution in [3.63, 3.8) is 0 Å². The Morgan fingerprint density at radius 3 is 2.50 bits per heavy atom. The van der Waals surface area contributed by atoms with Crippen molar-refractivity contribution >= 4 is 0 Å². The van der Waals surface area contributed by atoms with E-state index < -0.39 is 0 Å². The zero-order valence-electron chi connectivity index (χ0n) is 6.97. The van der Waals surface area contributed by atoms with Crippen molar-refractivity contribution in [3.8, 4) is 0 Å². The van der Waals surface area contributed by atoms with E-state index in [0.717, 1.165) is 34.0 Å². The van der Waals surface area contributed by atoms with E-state index in [1.165, 1.54) is 25.7 Å². The van der Waals surface area contributed by atoms with Crippen LogP contribution in [0.25, 0.3) is 0 Å². The second-order valence-electron chi connectivity index (χ2n) is 2.71. The van der Waals surface area contributed by atoms with Gasteiger partial charge in [0.2, 0.25) is 0 Å². The summed E-state index contributed by atoms with van der Waals surface area (Å²) in [6.07, 6.45) is 5.30. The predicted octanol–water partition coefficient (Wildman–Crippen LogP) is 2.68. The first-order valence-corrected chi connectivity index (χ1v) is 5.42. The molecule has 1 nitrogen and oxygen atoms in total. The van der Waals surface area contributed by atoms with Gasteiger partial charge in [-0.1, -0.05) is 0 Å². The molecule has 10 heavy (non-hydrogen) atoms. The van der Waals surface area contributed by atoms with Gasteiger partial charge in [-0.25, -0.2) is 0 Å². The number of hydrogen-bond acceptors (Lipinski definition) is 1.